The van der Waals surface area contributed by atoms with Crippen molar-refractivity contribution in [1.82, 2.24) is 0 Å². The molecule has 1 aliphatic rings. The highest BCUT2D eigenvalue weighted by Gasteiger charge is 2.48. The predicted molar refractivity (Wildman–Crippen MR) is 147 cm³/mol. The van der Waals surface area contributed by atoms with E-state index in [0.29, 0.717) is 23.4 Å². The molecule has 0 saturated carbocycles. The van der Waals surface area contributed by atoms with E-state index in [1.165, 1.54) is 23.5 Å². The Balaban J connectivity index is 1.59. The first kappa shape index (κ1) is 24.5. The largest absolute Gasteiger partial charge is 0.455 e. The summed E-state index contributed by atoms with van der Waals surface area (Å²) in [5, 5.41) is 0. The van der Waals surface area contributed by atoms with Gasteiger partial charge < -0.3 is 4.74 Å². The lowest BCUT2D eigenvalue weighted by molar-refractivity contribution is 0.0990. The number of ketones is 1. The summed E-state index contributed by atoms with van der Waals surface area (Å²) in [7, 11) is -3.57. The summed E-state index contributed by atoms with van der Waals surface area (Å²) in [6.07, 6.45) is 1.53. The van der Waals surface area contributed by atoms with Crippen LogP contribution in [0.4, 0.5) is 5.69 Å². The number of rotatable bonds is 8. The zero-order valence-electron chi connectivity index (χ0n) is 19.4. The Morgan fingerprint density at radius 2 is 1.33 bits per heavy atom. The first-order valence-corrected chi connectivity index (χ1v) is 14.7. The van der Waals surface area contributed by atoms with Crippen LogP contribution < -0.4 is 9.46 Å². The highest BCUT2D eigenvalue weighted by molar-refractivity contribution is 8.19. The van der Waals surface area contributed by atoms with Crippen molar-refractivity contribution < 1.29 is 17.9 Å². The molecule has 0 unspecified atom stereocenters. The Kier molecular flexibility index (Phi) is 6.83. The number of benzene rings is 4. The van der Waals surface area contributed by atoms with E-state index in [-0.39, 0.29) is 11.5 Å². The maximum Gasteiger partial charge on any atom is 0.229 e. The van der Waals surface area contributed by atoms with E-state index < -0.39 is 14.1 Å². The van der Waals surface area contributed by atoms with Crippen molar-refractivity contribution in [2.24, 2.45) is 0 Å². The molecule has 0 spiro atoms. The van der Waals surface area contributed by atoms with Gasteiger partial charge in [-0.1, -0.05) is 78.1 Å². The van der Waals surface area contributed by atoms with Crippen molar-refractivity contribution >= 4 is 45.0 Å². The van der Waals surface area contributed by atoms with Gasteiger partial charge >= 0.3 is 0 Å². The Hall–Kier alpha value is -3.20. The normalized spacial score (nSPS) is 14.3. The van der Waals surface area contributed by atoms with Crippen LogP contribution in [-0.4, -0.2) is 24.5 Å². The van der Waals surface area contributed by atoms with Gasteiger partial charge in [-0.25, -0.2) is 8.42 Å². The molecule has 0 atom stereocenters. The maximum absolute atomic E-state index is 14.1. The highest BCUT2D eigenvalue weighted by Crippen LogP contribution is 2.54. The van der Waals surface area contributed by atoms with Gasteiger partial charge in [0.05, 0.1) is 11.9 Å². The average Bonchev–Trinajstić information content (AvgIpc) is 3.10. The number of carbonyl (C=O) groups excluding carboxylic acids is 1. The van der Waals surface area contributed by atoms with Crippen molar-refractivity contribution in [3.05, 3.63) is 114 Å². The van der Waals surface area contributed by atoms with Crippen LogP contribution in [0.3, 0.4) is 0 Å². The number of hydrogen-bond acceptors (Lipinski definition) is 6. The molecule has 0 bridgehead atoms. The number of carbonyl (C=O) groups is 1. The van der Waals surface area contributed by atoms with Crippen LogP contribution in [-0.2, 0) is 16.4 Å². The number of anilines is 1. The summed E-state index contributed by atoms with van der Waals surface area (Å²) in [5.74, 6) is 0.802. The summed E-state index contributed by atoms with van der Waals surface area (Å²) < 4.78 is 32.0. The quantitative estimate of drug-likeness (QED) is 0.249. The molecular weight excluding hydrogens is 511 g/mol. The van der Waals surface area contributed by atoms with Gasteiger partial charge in [0.2, 0.25) is 10.0 Å². The van der Waals surface area contributed by atoms with Gasteiger partial charge in [0.25, 0.3) is 0 Å². The molecule has 0 aliphatic heterocycles. The number of hydrogen-bond donors (Lipinski definition) is 1. The SMILES string of the molecule is CS(=O)(=O)Nc1cc2c(cc1Oc1ccccc1)C(=O)C(Sc1ccccc1)(Sc1ccccc1)C2. The van der Waals surface area contributed by atoms with Crippen LogP contribution >= 0.6 is 23.5 Å². The fourth-order valence-electron chi connectivity index (χ4n) is 4.04. The summed E-state index contributed by atoms with van der Waals surface area (Å²) in [6, 6.07) is 32.2. The number of fused-ring (bicyclic) bond motifs is 1. The zero-order valence-corrected chi connectivity index (χ0v) is 21.8. The third-order valence-electron chi connectivity index (χ3n) is 5.54. The summed E-state index contributed by atoms with van der Waals surface area (Å²) in [6.45, 7) is 0. The number of thioether (sulfide) groups is 2. The summed E-state index contributed by atoms with van der Waals surface area (Å²) >= 11 is 3.04. The first-order chi connectivity index (χ1) is 17.3. The molecule has 5 rings (SSSR count). The van der Waals surface area contributed by atoms with E-state index in [9.17, 15) is 13.2 Å². The summed E-state index contributed by atoms with van der Waals surface area (Å²) in [5.41, 5.74) is 1.61. The third-order valence-corrected chi connectivity index (χ3v) is 8.96. The lowest BCUT2D eigenvalue weighted by atomic mass is 10.1. The maximum atomic E-state index is 14.1. The molecule has 0 radical (unpaired) electrons. The Bertz CT molecular complexity index is 1450. The lowest BCUT2D eigenvalue weighted by Gasteiger charge is -2.26. The third kappa shape index (κ3) is 5.46. The molecule has 4 aromatic carbocycles. The average molecular weight is 534 g/mol. The lowest BCUT2D eigenvalue weighted by Crippen LogP contribution is -2.28. The van der Waals surface area contributed by atoms with E-state index in [1.807, 2.05) is 78.9 Å². The van der Waals surface area contributed by atoms with E-state index >= 15 is 0 Å². The van der Waals surface area contributed by atoms with Crippen molar-refractivity contribution in [1.29, 1.82) is 0 Å². The van der Waals surface area contributed by atoms with Crippen molar-refractivity contribution in [3.8, 4) is 11.5 Å². The molecule has 0 saturated heterocycles. The number of Topliss-reactive ketones (excluding diaryl/α,β-unsaturated/α-hetero) is 1. The predicted octanol–water partition coefficient (Wildman–Crippen LogP) is 6.87. The molecule has 182 valence electrons. The van der Waals surface area contributed by atoms with Crippen LogP contribution in [0.2, 0.25) is 0 Å². The molecule has 8 heteroatoms. The second kappa shape index (κ2) is 10.0. The van der Waals surface area contributed by atoms with Crippen LogP contribution in [0.15, 0.2) is 113 Å². The van der Waals surface area contributed by atoms with Gasteiger partial charge in [-0.05, 0) is 54.1 Å². The van der Waals surface area contributed by atoms with Crippen molar-refractivity contribution in [2.45, 2.75) is 20.3 Å². The van der Waals surface area contributed by atoms with Gasteiger partial charge in [0.1, 0.15) is 9.83 Å². The molecule has 1 N–H and O–H groups in total. The second-order valence-electron chi connectivity index (χ2n) is 8.38. The molecule has 1 aliphatic carbocycles. The van der Waals surface area contributed by atoms with Gasteiger partial charge in [-0.2, -0.15) is 0 Å². The van der Waals surface area contributed by atoms with Crippen LogP contribution in [0.25, 0.3) is 0 Å². The van der Waals surface area contributed by atoms with E-state index in [4.69, 9.17) is 4.74 Å². The molecular formula is C28H23NO4S3. The van der Waals surface area contributed by atoms with Crippen LogP contribution in [0.5, 0.6) is 11.5 Å². The molecule has 0 heterocycles. The van der Waals surface area contributed by atoms with Crippen LogP contribution in [0.1, 0.15) is 15.9 Å². The molecule has 0 amide bonds. The Labute approximate surface area is 219 Å². The minimum Gasteiger partial charge on any atom is -0.455 e. The Morgan fingerprint density at radius 1 is 0.806 bits per heavy atom. The first-order valence-electron chi connectivity index (χ1n) is 11.2. The molecule has 0 fully saturated rings. The molecule has 0 aromatic heterocycles. The topological polar surface area (TPSA) is 72.5 Å². The highest BCUT2D eigenvalue weighted by atomic mass is 32.2. The van der Waals surface area contributed by atoms with Gasteiger partial charge in [-0.15, -0.1) is 0 Å². The van der Waals surface area contributed by atoms with Gasteiger partial charge in [0, 0.05) is 21.8 Å². The van der Waals surface area contributed by atoms with Gasteiger partial charge in [-0.3, -0.25) is 9.52 Å². The second-order valence-corrected chi connectivity index (χ2v) is 13.1. The Morgan fingerprint density at radius 3 is 1.86 bits per heavy atom. The van der Waals surface area contributed by atoms with E-state index in [1.54, 1.807) is 24.3 Å². The minimum atomic E-state index is -3.57. The van der Waals surface area contributed by atoms with Crippen molar-refractivity contribution in [3.63, 3.8) is 0 Å². The minimum absolute atomic E-state index is 0.0241. The number of nitrogens with one attached hydrogen (secondary N) is 1. The number of ether oxygens (including phenoxy) is 1. The fourth-order valence-corrected chi connectivity index (χ4v) is 7.55. The monoisotopic (exact) mass is 533 g/mol. The zero-order chi connectivity index (χ0) is 25.2. The van der Waals surface area contributed by atoms with E-state index in [2.05, 4.69) is 4.72 Å². The summed E-state index contributed by atoms with van der Waals surface area (Å²) in [4.78, 5) is 16.1. The van der Waals surface area contributed by atoms with Crippen LogP contribution in [0, 0.1) is 0 Å². The smallest absolute Gasteiger partial charge is 0.229 e. The fraction of sp³-hybridized carbons (Fsp3) is 0.107. The molecule has 5 nitrogen and oxygen atoms in total. The van der Waals surface area contributed by atoms with Crippen molar-refractivity contribution in [2.75, 3.05) is 11.0 Å². The molecule has 36 heavy (non-hydrogen) atoms. The van der Waals surface area contributed by atoms with Gasteiger partial charge in [0.15, 0.2) is 11.5 Å². The van der Waals surface area contributed by atoms with E-state index in [0.717, 1.165) is 21.6 Å². The standard InChI is InChI=1S/C28H23NO4S3/c1-36(31,32)29-25-17-20-19-28(34-22-13-7-3-8-14-22,35-23-15-9-4-10-16-23)27(30)24(20)18-26(25)33-21-11-5-2-6-12-21/h2-18,29H,19H2,1H3. The number of para-hydroxylation sites is 1. The molecule has 4 aromatic rings. The number of sulfonamides is 1.